The molecule has 0 saturated heterocycles. The van der Waals surface area contributed by atoms with Crippen molar-refractivity contribution in [3.05, 3.63) is 30.9 Å². The maximum Gasteiger partial charge on any atom is 0.266 e. The van der Waals surface area contributed by atoms with Crippen LogP contribution in [0, 0.1) is 16.7 Å². The predicted octanol–water partition coefficient (Wildman–Crippen LogP) is 2.06. The molecular weight excluding hydrogens is 356 g/mol. The van der Waals surface area contributed by atoms with Crippen LogP contribution in [-0.2, 0) is 19.6 Å². The lowest BCUT2D eigenvalue weighted by molar-refractivity contribution is -0.128. The lowest BCUT2D eigenvalue weighted by atomic mass is 9.75. The van der Waals surface area contributed by atoms with E-state index in [1.807, 2.05) is 20.8 Å². The van der Waals surface area contributed by atoms with Crippen molar-refractivity contribution in [3.8, 4) is 5.75 Å². The molecule has 0 spiro atoms. The number of carbonyl (C=O) groups excluding carboxylic acids is 2. The first-order valence-electron chi connectivity index (χ1n) is 8.28. The molecule has 2 amide bonds. The lowest BCUT2D eigenvalue weighted by Crippen LogP contribution is -2.44. The fraction of sp³-hybridized carbons (Fsp3) is 0.444. The maximum atomic E-state index is 12.9. The van der Waals surface area contributed by atoms with Crippen molar-refractivity contribution < 1.29 is 22.7 Å². The first kappa shape index (κ1) is 18.4. The number of benzene rings is 1. The number of rotatable bonds is 4. The Morgan fingerprint density at radius 1 is 1.42 bits per heavy atom. The van der Waals surface area contributed by atoms with Crippen LogP contribution < -0.4 is 14.8 Å². The Labute approximate surface area is 152 Å². The maximum absolute atomic E-state index is 12.9. The van der Waals surface area contributed by atoms with E-state index in [1.165, 1.54) is 12.1 Å². The molecule has 26 heavy (non-hydrogen) atoms. The van der Waals surface area contributed by atoms with Crippen molar-refractivity contribution in [2.75, 3.05) is 11.9 Å². The van der Waals surface area contributed by atoms with Crippen LogP contribution >= 0.6 is 0 Å². The fourth-order valence-electron chi connectivity index (χ4n) is 3.60. The van der Waals surface area contributed by atoms with Gasteiger partial charge < -0.3 is 10.1 Å². The number of allylic oxidation sites excluding steroid dienone is 1. The number of hydrogen-bond acceptors (Lipinski definition) is 5. The third-order valence-electron chi connectivity index (χ3n) is 5.17. The number of anilines is 1. The largest absolute Gasteiger partial charge is 0.482 e. The van der Waals surface area contributed by atoms with Crippen LogP contribution in [0.1, 0.15) is 27.2 Å². The van der Waals surface area contributed by atoms with Crippen LogP contribution in [0.25, 0.3) is 0 Å². The number of sulfonamides is 1. The Balaban J connectivity index is 1.95. The molecular formula is C18H22N2O5S. The molecule has 2 aliphatic rings. The molecule has 0 radical (unpaired) electrons. The molecule has 140 valence electrons. The number of ether oxygens (including phenoxy) is 1. The molecule has 2 N–H and O–H groups in total. The van der Waals surface area contributed by atoms with Crippen LogP contribution in [0.5, 0.6) is 5.75 Å². The van der Waals surface area contributed by atoms with E-state index in [1.54, 1.807) is 12.1 Å². The summed E-state index contributed by atoms with van der Waals surface area (Å²) >= 11 is 0. The summed E-state index contributed by atoms with van der Waals surface area (Å²) in [4.78, 5) is 24.3. The Kier molecular flexibility index (Phi) is 4.14. The predicted molar refractivity (Wildman–Crippen MR) is 96.1 cm³/mol. The van der Waals surface area contributed by atoms with Gasteiger partial charge in [-0.2, -0.15) is 0 Å². The van der Waals surface area contributed by atoms with Crippen molar-refractivity contribution in [1.29, 1.82) is 0 Å². The first-order valence-corrected chi connectivity index (χ1v) is 9.77. The number of hydrogen-bond donors (Lipinski definition) is 2. The van der Waals surface area contributed by atoms with E-state index >= 15 is 0 Å². The van der Waals surface area contributed by atoms with Crippen LogP contribution in [0.3, 0.4) is 0 Å². The van der Waals surface area contributed by atoms with E-state index in [4.69, 9.17) is 4.74 Å². The topological polar surface area (TPSA) is 102 Å². The van der Waals surface area contributed by atoms with E-state index in [-0.39, 0.29) is 28.9 Å². The Bertz CT molecular complexity index is 901. The van der Waals surface area contributed by atoms with Gasteiger partial charge in [-0.3, -0.25) is 9.59 Å². The fourth-order valence-corrected chi connectivity index (χ4v) is 4.82. The summed E-state index contributed by atoms with van der Waals surface area (Å²) in [7, 11) is -4.19. The van der Waals surface area contributed by atoms with Gasteiger partial charge in [-0.1, -0.05) is 32.9 Å². The van der Waals surface area contributed by atoms with Gasteiger partial charge in [0, 0.05) is 0 Å². The summed E-state index contributed by atoms with van der Waals surface area (Å²) < 4.78 is 33.1. The van der Waals surface area contributed by atoms with Crippen molar-refractivity contribution in [1.82, 2.24) is 4.72 Å². The minimum Gasteiger partial charge on any atom is -0.482 e. The molecule has 1 aromatic carbocycles. The van der Waals surface area contributed by atoms with Crippen molar-refractivity contribution in [3.63, 3.8) is 0 Å². The smallest absolute Gasteiger partial charge is 0.266 e. The highest BCUT2D eigenvalue weighted by Gasteiger charge is 2.65. The first-order chi connectivity index (χ1) is 12.0. The van der Waals surface area contributed by atoms with Crippen LogP contribution in [-0.4, -0.2) is 26.8 Å². The van der Waals surface area contributed by atoms with Gasteiger partial charge in [0.2, 0.25) is 5.91 Å². The highest BCUT2D eigenvalue weighted by atomic mass is 32.2. The highest BCUT2D eigenvalue weighted by molar-refractivity contribution is 7.90. The third kappa shape index (κ3) is 2.78. The van der Waals surface area contributed by atoms with Crippen LogP contribution in [0.2, 0.25) is 0 Å². The lowest BCUT2D eigenvalue weighted by Gasteiger charge is -2.31. The van der Waals surface area contributed by atoms with Gasteiger partial charge >= 0.3 is 0 Å². The molecule has 2 atom stereocenters. The van der Waals surface area contributed by atoms with Crippen molar-refractivity contribution >= 4 is 27.5 Å². The monoisotopic (exact) mass is 378 g/mol. The summed E-state index contributed by atoms with van der Waals surface area (Å²) in [6.07, 6.45) is 2.24. The molecule has 1 aliphatic heterocycles. The summed E-state index contributed by atoms with van der Waals surface area (Å²) in [5.41, 5.74) is -1.21. The minimum absolute atomic E-state index is 0.0462. The molecule has 3 rings (SSSR count). The number of para-hydroxylation sites is 1. The zero-order valence-corrected chi connectivity index (χ0v) is 15.8. The summed E-state index contributed by atoms with van der Waals surface area (Å²) in [5.74, 6) is -0.839. The third-order valence-corrected chi connectivity index (χ3v) is 6.54. The second kappa shape index (κ2) is 5.84. The van der Waals surface area contributed by atoms with E-state index < -0.39 is 32.7 Å². The van der Waals surface area contributed by atoms with Crippen molar-refractivity contribution in [2.45, 2.75) is 32.1 Å². The van der Waals surface area contributed by atoms with Gasteiger partial charge in [-0.25, -0.2) is 13.1 Å². The molecule has 1 aliphatic carbocycles. The number of carbonyl (C=O) groups is 2. The van der Waals surface area contributed by atoms with Gasteiger partial charge in [0.15, 0.2) is 6.61 Å². The van der Waals surface area contributed by atoms with Gasteiger partial charge in [0.1, 0.15) is 16.3 Å². The Hall–Kier alpha value is -2.35. The molecule has 0 bridgehead atoms. The Morgan fingerprint density at radius 2 is 2.12 bits per heavy atom. The van der Waals surface area contributed by atoms with Crippen LogP contribution in [0.4, 0.5) is 5.69 Å². The minimum atomic E-state index is -4.19. The van der Waals surface area contributed by atoms with Crippen LogP contribution in [0.15, 0.2) is 35.7 Å². The van der Waals surface area contributed by atoms with Crippen molar-refractivity contribution in [2.24, 2.45) is 16.7 Å². The average molecular weight is 378 g/mol. The molecule has 0 aromatic heterocycles. The number of nitrogens with one attached hydrogen (secondary N) is 2. The quantitative estimate of drug-likeness (QED) is 0.781. The zero-order valence-electron chi connectivity index (χ0n) is 15.0. The zero-order chi connectivity index (χ0) is 19.3. The normalized spacial score (nSPS) is 24.7. The molecule has 1 aromatic rings. The second-order valence-corrected chi connectivity index (χ2v) is 9.32. The summed E-state index contributed by atoms with van der Waals surface area (Å²) in [6, 6.07) is 4.38. The molecule has 1 fully saturated rings. The van der Waals surface area contributed by atoms with E-state index in [9.17, 15) is 18.0 Å². The molecule has 1 saturated carbocycles. The van der Waals surface area contributed by atoms with E-state index in [2.05, 4.69) is 16.6 Å². The van der Waals surface area contributed by atoms with Gasteiger partial charge in [-0.15, -0.1) is 6.58 Å². The molecule has 1 heterocycles. The average Bonchev–Trinajstić information content (AvgIpc) is 3.29. The summed E-state index contributed by atoms with van der Waals surface area (Å²) in [6.45, 7) is 9.27. The SMILES string of the molecule is C=C[C@@H]1C[C@@]1(C(=O)NS(=O)(=O)c1cccc2c1NC(=O)CO2)C(C)(C)C. The Morgan fingerprint density at radius 3 is 2.69 bits per heavy atom. The van der Waals surface area contributed by atoms with E-state index in [0.29, 0.717) is 6.42 Å². The van der Waals surface area contributed by atoms with Gasteiger partial charge in [0.25, 0.3) is 15.9 Å². The molecule has 7 nitrogen and oxygen atoms in total. The second-order valence-electron chi connectivity index (χ2n) is 7.67. The number of fused-ring (bicyclic) bond motifs is 1. The summed E-state index contributed by atoms with van der Waals surface area (Å²) in [5, 5.41) is 2.50. The van der Waals surface area contributed by atoms with E-state index in [0.717, 1.165) is 0 Å². The molecule has 8 heteroatoms. The standard InChI is InChI=1S/C18H22N2O5S/c1-5-11-9-18(11,17(2,3)4)16(22)20-26(23,24)13-8-6-7-12-15(13)19-14(21)10-25-12/h5-8,11H,1,9-10H2,2-4H3,(H,19,21)(H,20,22)/t11-,18-/m1/s1. The highest BCUT2D eigenvalue weighted by Crippen LogP contribution is 2.64. The number of amides is 2. The molecule has 0 unspecified atom stereocenters. The van der Waals surface area contributed by atoms with Gasteiger partial charge in [-0.05, 0) is 29.9 Å². The van der Waals surface area contributed by atoms with Gasteiger partial charge in [0.05, 0.1) is 5.41 Å².